The summed E-state index contributed by atoms with van der Waals surface area (Å²) in [7, 11) is 1.44. The predicted molar refractivity (Wildman–Crippen MR) is 78.5 cm³/mol. The number of ether oxygens (including phenoxy) is 1. The molecule has 1 unspecified atom stereocenters. The first kappa shape index (κ1) is 14.6. The molecule has 2 heterocycles. The van der Waals surface area contributed by atoms with Crippen molar-refractivity contribution in [2.24, 2.45) is 11.8 Å². The van der Waals surface area contributed by atoms with E-state index in [0.717, 1.165) is 38.6 Å². The topological polar surface area (TPSA) is 67.4 Å². The molecule has 2 aliphatic heterocycles. The quantitative estimate of drug-likeness (QED) is 0.592. The molecule has 2 saturated heterocycles. The summed E-state index contributed by atoms with van der Waals surface area (Å²) < 4.78 is 5.00. The first-order valence-electron chi connectivity index (χ1n) is 7.95. The van der Waals surface area contributed by atoms with Gasteiger partial charge in [0.25, 0.3) is 0 Å². The molecule has 0 aromatic rings. The number of hydrogen-bond donors (Lipinski definition) is 2. The summed E-state index contributed by atoms with van der Waals surface area (Å²) in [6.07, 6.45) is 9.82. The Morgan fingerprint density at radius 2 is 2.29 bits per heavy atom. The molecule has 1 spiro atoms. The van der Waals surface area contributed by atoms with Crippen LogP contribution >= 0.6 is 0 Å². The normalized spacial score (nSPS) is 39.3. The van der Waals surface area contributed by atoms with Crippen LogP contribution in [0.3, 0.4) is 0 Å². The maximum atomic E-state index is 12.4. The van der Waals surface area contributed by atoms with Gasteiger partial charge in [0.15, 0.2) is 0 Å². The first-order chi connectivity index (χ1) is 10.2. The molecule has 5 nitrogen and oxygen atoms in total. The van der Waals surface area contributed by atoms with Gasteiger partial charge < -0.3 is 10.1 Å². The zero-order chi connectivity index (χ0) is 14.9. The van der Waals surface area contributed by atoms with Crippen molar-refractivity contribution in [2.45, 2.75) is 50.1 Å². The van der Waals surface area contributed by atoms with Crippen molar-refractivity contribution in [1.82, 2.24) is 10.6 Å². The van der Waals surface area contributed by atoms with Crippen molar-refractivity contribution in [1.29, 1.82) is 0 Å². The van der Waals surface area contributed by atoms with Crippen LogP contribution in [0.1, 0.15) is 38.5 Å². The molecule has 0 saturated carbocycles. The van der Waals surface area contributed by atoms with Crippen molar-refractivity contribution in [3.63, 3.8) is 0 Å². The van der Waals surface area contributed by atoms with Crippen molar-refractivity contribution in [3.8, 4) is 0 Å². The fraction of sp³-hybridized carbons (Fsp3) is 0.750. The lowest BCUT2D eigenvalue weighted by Gasteiger charge is -2.34. The summed E-state index contributed by atoms with van der Waals surface area (Å²) in [4.78, 5) is 24.6. The van der Waals surface area contributed by atoms with Crippen LogP contribution < -0.4 is 10.6 Å². The second kappa shape index (κ2) is 5.79. The molecule has 2 fully saturated rings. The Bertz CT molecular complexity index is 462. The molecule has 3 rings (SSSR count). The van der Waals surface area contributed by atoms with Crippen LogP contribution in [-0.2, 0) is 14.3 Å². The number of allylic oxidation sites excluding steroid dienone is 2. The Hall–Kier alpha value is -1.36. The van der Waals surface area contributed by atoms with E-state index >= 15 is 0 Å². The Morgan fingerprint density at radius 3 is 2.95 bits per heavy atom. The van der Waals surface area contributed by atoms with Crippen molar-refractivity contribution >= 4 is 11.9 Å². The van der Waals surface area contributed by atoms with Gasteiger partial charge in [-0.1, -0.05) is 12.2 Å². The SMILES string of the molecule is COC(=O)[C@H]1C[C@]2(CCCNC2=O)N[C@H]1C1CC=CCC1. The number of piperidine rings is 1. The van der Waals surface area contributed by atoms with Crippen molar-refractivity contribution in [3.05, 3.63) is 12.2 Å². The van der Waals surface area contributed by atoms with Crippen LogP contribution in [0.2, 0.25) is 0 Å². The summed E-state index contributed by atoms with van der Waals surface area (Å²) in [5.41, 5.74) is -0.567. The molecule has 0 aromatic heterocycles. The van der Waals surface area contributed by atoms with E-state index in [2.05, 4.69) is 22.8 Å². The molecule has 21 heavy (non-hydrogen) atoms. The molecular weight excluding hydrogens is 268 g/mol. The van der Waals surface area contributed by atoms with Gasteiger partial charge in [0, 0.05) is 12.6 Å². The molecule has 5 heteroatoms. The molecule has 0 aromatic carbocycles. The lowest BCUT2D eigenvalue weighted by atomic mass is 9.80. The Kier molecular flexibility index (Phi) is 4.02. The Balaban J connectivity index is 1.84. The van der Waals surface area contributed by atoms with Gasteiger partial charge in [-0.2, -0.15) is 0 Å². The average molecular weight is 292 g/mol. The molecular formula is C16H24N2O3. The number of carbonyl (C=O) groups excluding carboxylic acids is 2. The number of esters is 1. The van der Waals surface area contributed by atoms with E-state index in [1.165, 1.54) is 7.11 Å². The largest absolute Gasteiger partial charge is 0.469 e. The van der Waals surface area contributed by atoms with E-state index in [9.17, 15) is 9.59 Å². The lowest BCUT2D eigenvalue weighted by molar-refractivity contribution is -0.146. The summed E-state index contributed by atoms with van der Waals surface area (Å²) in [6.45, 7) is 0.738. The highest BCUT2D eigenvalue weighted by Gasteiger charge is 2.54. The minimum absolute atomic E-state index is 0.0475. The number of nitrogens with one attached hydrogen (secondary N) is 2. The molecule has 1 aliphatic carbocycles. The minimum atomic E-state index is -0.567. The van der Waals surface area contributed by atoms with Crippen LogP contribution in [0.5, 0.6) is 0 Å². The van der Waals surface area contributed by atoms with Crippen molar-refractivity contribution in [2.75, 3.05) is 13.7 Å². The molecule has 0 radical (unpaired) electrons. The number of amides is 1. The fourth-order valence-electron chi connectivity index (χ4n) is 4.16. The first-order valence-corrected chi connectivity index (χ1v) is 7.95. The van der Waals surface area contributed by atoms with E-state index in [4.69, 9.17) is 4.74 Å². The van der Waals surface area contributed by atoms with E-state index in [1.54, 1.807) is 0 Å². The maximum absolute atomic E-state index is 12.4. The molecule has 0 bridgehead atoms. The van der Waals surface area contributed by atoms with Crippen LogP contribution in [0, 0.1) is 11.8 Å². The van der Waals surface area contributed by atoms with E-state index in [1.807, 2.05) is 0 Å². The molecule has 116 valence electrons. The van der Waals surface area contributed by atoms with Gasteiger partial charge in [-0.25, -0.2) is 0 Å². The molecule has 4 atom stereocenters. The number of carbonyl (C=O) groups is 2. The number of hydrogen-bond acceptors (Lipinski definition) is 4. The van der Waals surface area contributed by atoms with E-state index in [-0.39, 0.29) is 23.8 Å². The summed E-state index contributed by atoms with van der Waals surface area (Å²) in [6, 6.07) is 0.0475. The number of rotatable bonds is 2. The second-order valence-corrected chi connectivity index (χ2v) is 6.49. The predicted octanol–water partition coefficient (Wildman–Crippen LogP) is 1.14. The third-order valence-corrected chi connectivity index (χ3v) is 5.27. The summed E-state index contributed by atoms with van der Waals surface area (Å²) >= 11 is 0. The molecule has 2 N–H and O–H groups in total. The van der Waals surface area contributed by atoms with Gasteiger partial charge in [0.2, 0.25) is 5.91 Å². The second-order valence-electron chi connectivity index (χ2n) is 6.49. The van der Waals surface area contributed by atoms with E-state index in [0.29, 0.717) is 12.3 Å². The average Bonchev–Trinajstić information content (AvgIpc) is 2.91. The summed E-state index contributed by atoms with van der Waals surface area (Å²) in [5, 5.41) is 6.49. The third kappa shape index (κ3) is 2.59. The van der Waals surface area contributed by atoms with Gasteiger partial charge in [-0.3, -0.25) is 14.9 Å². The highest BCUT2D eigenvalue weighted by Crippen LogP contribution is 2.40. The van der Waals surface area contributed by atoms with Gasteiger partial charge in [0.05, 0.1) is 18.6 Å². The zero-order valence-corrected chi connectivity index (χ0v) is 12.6. The smallest absolute Gasteiger partial charge is 0.310 e. The van der Waals surface area contributed by atoms with Crippen LogP contribution in [0.15, 0.2) is 12.2 Å². The highest BCUT2D eigenvalue weighted by molar-refractivity contribution is 5.89. The minimum Gasteiger partial charge on any atom is -0.469 e. The fourth-order valence-corrected chi connectivity index (χ4v) is 4.16. The third-order valence-electron chi connectivity index (χ3n) is 5.27. The monoisotopic (exact) mass is 292 g/mol. The maximum Gasteiger partial charge on any atom is 0.310 e. The van der Waals surface area contributed by atoms with Gasteiger partial charge >= 0.3 is 5.97 Å². The lowest BCUT2D eigenvalue weighted by Crippen LogP contribution is -2.59. The Labute approximate surface area is 125 Å². The van der Waals surface area contributed by atoms with Crippen molar-refractivity contribution < 1.29 is 14.3 Å². The van der Waals surface area contributed by atoms with Gasteiger partial charge in [0.1, 0.15) is 0 Å². The zero-order valence-electron chi connectivity index (χ0n) is 12.6. The van der Waals surface area contributed by atoms with Crippen LogP contribution in [-0.4, -0.2) is 37.1 Å². The molecule has 1 amide bonds. The van der Waals surface area contributed by atoms with Gasteiger partial charge in [-0.15, -0.1) is 0 Å². The Morgan fingerprint density at radius 1 is 1.43 bits per heavy atom. The standard InChI is InChI=1S/C16H24N2O3/c1-21-14(19)12-10-16(8-5-9-17-15(16)20)18-13(12)11-6-3-2-4-7-11/h2-3,11-13,18H,4-10H2,1H3,(H,17,20)/t11?,12-,13-,16-/m0/s1. The number of methoxy groups -OCH3 is 1. The molecule has 3 aliphatic rings. The van der Waals surface area contributed by atoms with E-state index < -0.39 is 5.54 Å². The van der Waals surface area contributed by atoms with Crippen LogP contribution in [0.4, 0.5) is 0 Å². The van der Waals surface area contributed by atoms with Crippen LogP contribution in [0.25, 0.3) is 0 Å². The van der Waals surface area contributed by atoms with Gasteiger partial charge in [-0.05, 0) is 44.4 Å². The highest BCUT2D eigenvalue weighted by atomic mass is 16.5. The summed E-state index contributed by atoms with van der Waals surface area (Å²) in [5.74, 6) is 0.0670.